The van der Waals surface area contributed by atoms with Crippen LogP contribution in [0.4, 0.5) is 0 Å². The van der Waals surface area contributed by atoms with Crippen LogP contribution in [0, 0.1) is 0 Å². The first-order valence-corrected chi connectivity index (χ1v) is 10.8. The minimum absolute atomic E-state index is 0.0404. The lowest BCUT2D eigenvalue weighted by Gasteiger charge is -2.21. The van der Waals surface area contributed by atoms with Crippen molar-refractivity contribution >= 4 is 23.4 Å². The van der Waals surface area contributed by atoms with Gasteiger partial charge in [0.05, 0.1) is 6.61 Å². The van der Waals surface area contributed by atoms with Crippen LogP contribution in [0.2, 0.25) is 5.02 Å². The molecule has 1 atom stereocenters. The molecule has 3 aromatic rings. The zero-order chi connectivity index (χ0) is 20.7. The second kappa shape index (κ2) is 10.2. The molecule has 0 spiro atoms. The molecule has 152 valence electrons. The summed E-state index contributed by atoms with van der Waals surface area (Å²) in [7, 11) is 0. The van der Waals surface area contributed by atoms with Crippen LogP contribution in [0.5, 0.6) is 5.75 Å². The van der Waals surface area contributed by atoms with E-state index < -0.39 is 5.54 Å². The third-order valence-electron chi connectivity index (χ3n) is 4.64. The summed E-state index contributed by atoms with van der Waals surface area (Å²) in [4.78, 5) is 2.16. The minimum atomic E-state index is -0.586. The van der Waals surface area contributed by atoms with Gasteiger partial charge in [-0.1, -0.05) is 65.8 Å². The Hall–Kier alpha value is -1.98. The molecule has 0 aromatic heterocycles. The predicted molar refractivity (Wildman–Crippen MR) is 121 cm³/mol. The minimum Gasteiger partial charge on any atom is -0.489 e. The van der Waals surface area contributed by atoms with Gasteiger partial charge >= 0.3 is 0 Å². The number of aliphatic hydroxyl groups is 1. The maximum atomic E-state index is 9.30. The van der Waals surface area contributed by atoms with E-state index in [1.165, 1.54) is 0 Å². The molecule has 0 aliphatic carbocycles. The Morgan fingerprint density at radius 3 is 2.48 bits per heavy atom. The molecule has 3 N–H and O–H groups in total. The van der Waals surface area contributed by atoms with Crippen LogP contribution in [0.15, 0.2) is 82.6 Å². The fourth-order valence-corrected chi connectivity index (χ4v) is 4.04. The van der Waals surface area contributed by atoms with Crippen molar-refractivity contribution < 1.29 is 9.84 Å². The van der Waals surface area contributed by atoms with E-state index in [2.05, 4.69) is 24.3 Å². The number of rotatable bonds is 9. The normalized spacial score (nSPS) is 13.1. The average Bonchev–Trinajstić information content (AvgIpc) is 2.73. The van der Waals surface area contributed by atoms with Crippen molar-refractivity contribution in [2.24, 2.45) is 5.73 Å². The molecule has 0 heterocycles. The molecule has 0 aliphatic heterocycles. The van der Waals surface area contributed by atoms with Crippen LogP contribution in [-0.2, 0) is 13.0 Å². The van der Waals surface area contributed by atoms with E-state index in [-0.39, 0.29) is 6.61 Å². The molecule has 0 saturated heterocycles. The number of hydrogen-bond donors (Lipinski definition) is 2. The van der Waals surface area contributed by atoms with E-state index in [0.29, 0.717) is 13.0 Å². The van der Waals surface area contributed by atoms with Crippen LogP contribution < -0.4 is 10.5 Å². The summed E-state index contributed by atoms with van der Waals surface area (Å²) in [6.45, 7) is 2.35. The Labute approximate surface area is 181 Å². The fraction of sp³-hybridized carbons (Fsp3) is 0.250. The smallest absolute Gasteiger partial charge is 0.120 e. The summed E-state index contributed by atoms with van der Waals surface area (Å²) >= 11 is 8.12. The molecule has 3 aromatic carbocycles. The van der Waals surface area contributed by atoms with Crippen LogP contribution in [0.25, 0.3) is 0 Å². The van der Waals surface area contributed by atoms with Crippen LogP contribution in [-0.4, -0.2) is 17.3 Å². The Morgan fingerprint density at radius 2 is 1.76 bits per heavy atom. The van der Waals surface area contributed by atoms with Gasteiger partial charge in [0.2, 0.25) is 0 Å². The molecule has 0 unspecified atom stereocenters. The highest BCUT2D eigenvalue weighted by Crippen LogP contribution is 2.33. The monoisotopic (exact) mass is 427 g/mol. The van der Waals surface area contributed by atoms with Gasteiger partial charge in [0.1, 0.15) is 12.4 Å². The van der Waals surface area contributed by atoms with E-state index in [1.54, 1.807) is 11.8 Å². The van der Waals surface area contributed by atoms with Gasteiger partial charge in [-0.25, -0.2) is 0 Å². The van der Waals surface area contributed by atoms with Gasteiger partial charge < -0.3 is 15.6 Å². The van der Waals surface area contributed by atoms with Crippen molar-refractivity contribution in [3.8, 4) is 5.75 Å². The van der Waals surface area contributed by atoms with Gasteiger partial charge in [0.15, 0.2) is 0 Å². The van der Waals surface area contributed by atoms with Gasteiger partial charge in [-0.05, 0) is 61.2 Å². The molecule has 0 radical (unpaired) electrons. The summed E-state index contributed by atoms with van der Waals surface area (Å²) in [6.07, 6.45) is 1.41. The summed E-state index contributed by atoms with van der Waals surface area (Å²) < 4.78 is 5.92. The first-order chi connectivity index (χ1) is 13.9. The van der Waals surface area contributed by atoms with Gasteiger partial charge in [-0.3, -0.25) is 0 Å². The second-order valence-corrected chi connectivity index (χ2v) is 8.97. The molecule has 0 fully saturated rings. The highest BCUT2D eigenvalue weighted by molar-refractivity contribution is 7.99. The first-order valence-electron chi connectivity index (χ1n) is 9.58. The highest BCUT2D eigenvalue weighted by atomic mass is 35.5. The molecule has 0 bridgehead atoms. The van der Waals surface area contributed by atoms with Crippen LogP contribution >= 0.6 is 23.4 Å². The predicted octanol–water partition coefficient (Wildman–Crippen LogP) is 5.71. The average molecular weight is 428 g/mol. The number of nitrogens with two attached hydrogens (primary N) is 1. The lowest BCUT2D eigenvalue weighted by molar-refractivity contribution is 0.200. The molecule has 3 rings (SSSR count). The van der Waals surface area contributed by atoms with Crippen molar-refractivity contribution in [3.63, 3.8) is 0 Å². The number of halogens is 1. The Balaban J connectivity index is 1.61. The largest absolute Gasteiger partial charge is 0.489 e. The highest BCUT2D eigenvalue weighted by Gasteiger charge is 2.17. The molecule has 5 heteroatoms. The Kier molecular flexibility index (Phi) is 7.62. The lowest BCUT2D eigenvalue weighted by atomic mass is 9.95. The number of aliphatic hydroxyl groups excluding tert-OH is 1. The third kappa shape index (κ3) is 6.79. The van der Waals surface area contributed by atoms with Crippen LogP contribution in [0.3, 0.4) is 0 Å². The van der Waals surface area contributed by atoms with Crippen molar-refractivity contribution in [1.29, 1.82) is 0 Å². The van der Waals surface area contributed by atoms with E-state index in [1.807, 2.05) is 55.5 Å². The lowest BCUT2D eigenvalue weighted by Crippen LogP contribution is -2.40. The Bertz CT molecular complexity index is 931. The van der Waals surface area contributed by atoms with Gasteiger partial charge in [0.25, 0.3) is 0 Å². The van der Waals surface area contributed by atoms with Crippen LogP contribution in [0.1, 0.15) is 24.5 Å². The summed E-state index contributed by atoms with van der Waals surface area (Å²) in [5.41, 5.74) is 7.61. The quantitative estimate of drug-likeness (QED) is 0.459. The zero-order valence-corrected chi connectivity index (χ0v) is 18.0. The molecular formula is C24H26ClNO2S. The van der Waals surface area contributed by atoms with Gasteiger partial charge in [0, 0.05) is 20.4 Å². The van der Waals surface area contributed by atoms with E-state index in [9.17, 15) is 5.11 Å². The maximum Gasteiger partial charge on any atom is 0.120 e. The summed E-state index contributed by atoms with van der Waals surface area (Å²) in [5, 5.41) is 10.0. The SMILES string of the molecule is C[C@](N)(CO)CCc1ccc(Sc2cccc(OCc3ccccc3)c2)cc1Cl. The zero-order valence-electron chi connectivity index (χ0n) is 16.5. The van der Waals surface area contributed by atoms with E-state index >= 15 is 0 Å². The second-order valence-electron chi connectivity index (χ2n) is 7.42. The third-order valence-corrected chi connectivity index (χ3v) is 5.97. The van der Waals surface area contributed by atoms with Crippen molar-refractivity contribution in [2.75, 3.05) is 6.61 Å². The topological polar surface area (TPSA) is 55.5 Å². The molecule has 29 heavy (non-hydrogen) atoms. The van der Waals surface area contributed by atoms with E-state index in [0.717, 1.165) is 38.1 Å². The molecule has 0 amide bonds. The van der Waals surface area contributed by atoms with Gasteiger partial charge in [-0.15, -0.1) is 0 Å². The molecule has 3 nitrogen and oxygen atoms in total. The molecule has 0 aliphatic rings. The molecule has 0 saturated carbocycles. The number of ether oxygens (including phenoxy) is 1. The number of aryl methyl sites for hydroxylation is 1. The van der Waals surface area contributed by atoms with Crippen molar-refractivity contribution in [3.05, 3.63) is 88.9 Å². The number of benzene rings is 3. The summed E-state index contributed by atoms with van der Waals surface area (Å²) in [6, 6.07) is 24.3. The maximum absolute atomic E-state index is 9.30. The molecular weight excluding hydrogens is 402 g/mol. The Morgan fingerprint density at radius 1 is 1.00 bits per heavy atom. The first kappa shape index (κ1) is 21.7. The summed E-state index contributed by atoms with van der Waals surface area (Å²) in [5.74, 6) is 0.841. The van der Waals surface area contributed by atoms with Gasteiger partial charge in [-0.2, -0.15) is 0 Å². The standard InChI is InChI=1S/C24H26ClNO2S/c1-24(26,17-27)13-12-19-10-11-22(15-23(19)25)29-21-9-5-8-20(14-21)28-16-18-6-3-2-4-7-18/h2-11,14-15,27H,12-13,16-17,26H2,1H3/t24-/m1/s1. The van der Waals surface area contributed by atoms with E-state index in [4.69, 9.17) is 22.1 Å². The fourth-order valence-electron chi connectivity index (χ4n) is 2.80. The van der Waals surface area contributed by atoms with Crippen molar-refractivity contribution in [2.45, 2.75) is 41.7 Å². The number of hydrogen-bond acceptors (Lipinski definition) is 4. The van der Waals surface area contributed by atoms with Crippen molar-refractivity contribution in [1.82, 2.24) is 0 Å².